The molecule has 37 heavy (non-hydrogen) atoms. The molecule has 0 unspecified atom stereocenters. The zero-order valence-electron chi connectivity index (χ0n) is 21.4. The smallest absolute Gasteiger partial charge is 0.295 e. The Balaban J connectivity index is 1.77. The third kappa shape index (κ3) is 5.66. The van der Waals surface area contributed by atoms with Crippen LogP contribution in [0, 0.1) is 6.92 Å². The van der Waals surface area contributed by atoms with Crippen molar-refractivity contribution in [3.8, 4) is 11.5 Å². The quantitative estimate of drug-likeness (QED) is 0.169. The highest BCUT2D eigenvalue weighted by atomic mass is 16.5. The monoisotopic (exact) mass is 500 g/mol. The minimum Gasteiger partial charge on any atom is -0.507 e. The third-order valence-corrected chi connectivity index (χ3v) is 6.33. The van der Waals surface area contributed by atoms with Gasteiger partial charge in [-0.2, -0.15) is 0 Å². The fourth-order valence-corrected chi connectivity index (χ4v) is 4.43. The van der Waals surface area contributed by atoms with Crippen molar-refractivity contribution >= 4 is 17.4 Å². The Morgan fingerprint density at radius 1 is 1.05 bits per heavy atom. The molecule has 1 N–H and O–H groups in total. The number of aliphatic hydroxyl groups excluding tert-OH is 1. The standard InChI is InChI=1S/C30H32N2O5/c1-4-6-16-37-25-14-11-23(17-20(25)3)28(33)26-27(22-9-12-24(13-10-22)36-5-2)32(30(35)29(26)34)19-21-8-7-15-31-18-21/h7-15,17-18,27,33H,4-6,16,19H2,1-3H3/t27-/m1/s1. The first-order chi connectivity index (χ1) is 17.9. The van der Waals surface area contributed by atoms with E-state index in [9.17, 15) is 14.7 Å². The molecule has 1 saturated heterocycles. The van der Waals surface area contributed by atoms with E-state index < -0.39 is 17.7 Å². The Morgan fingerprint density at radius 2 is 1.84 bits per heavy atom. The number of ketones is 1. The molecule has 7 nitrogen and oxygen atoms in total. The van der Waals surface area contributed by atoms with Gasteiger partial charge in [0.2, 0.25) is 0 Å². The van der Waals surface area contributed by atoms with E-state index in [-0.39, 0.29) is 17.9 Å². The average molecular weight is 501 g/mol. The van der Waals surface area contributed by atoms with Crippen LogP contribution in [0.4, 0.5) is 0 Å². The number of rotatable bonds is 10. The van der Waals surface area contributed by atoms with Crippen molar-refractivity contribution in [2.45, 2.75) is 46.2 Å². The van der Waals surface area contributed by atoms with Crippen LogP contribution >= 0.6 is 0 Å². The fraction of sp³-hybridized carbons (Fsp3) is 0.300. The molecule has 0 bridgehead atoms. The summed E-state index contributed by atoms with van der Waals surface area (Å²) in [5.74, 6) is -0.189. The summed E-state index contributed by atoms with van der Waals surface area (Å²) in [6.45, 7) is 7.20. The molecule has 0 spiro atoms. The van der Waals surface area contributed by atoms with Gasteiger partial charge in [-0.15, -0.1) is 0 Å². The minimum absolute atomic E-state index is 0.0529. The predicted molar refractivity (Wildman–Crippen MR) is 141 cm³/mol. The molecule has 1 amide bonds. The number of ether oxygens (including phenoxy) is 2. The second kappa shape index (κ2) is 11.7. The molecule has 2 aromatic carbocycles. The van der Waals surface area contributed by atoms with E-state index in [1.54, 1.807) is 48.8 Å². The number of likely N-dealkylation sites (tertiary alicyclic amines) is 1. The first kappa shape index (κ1) is 25.9. The number of aromatic nitrogens is 1. The summed E-state index contributed by atoms with van der Waals surface area (Å²) >= 11 is 0. The molecule has 0 radical (unpaired) electrons. The van der Waals surface area contributed by atoms with Gasteiger partial charge < -0.3 is 19.5 Å². The summed E-state index contributed by atoms with van der Waals surface area (Å²) < 4.78 is 11.4. The van der Waals surface area contributed by atoms with E-state index in [2.05, 4.69) is 11.9 Å². The van der Waals surface area contributed by atoms with E-state index in [0.717, 1.165) is 29.7 Å². The van der Waals surface area contributed by atoms with Crippen LogP contribution in [0.25, 0.3) is 5.76 Å². The number of aliphatic hydroxyl groups is 1. The van der Waals surface area contributed by atoms with Crippen LogP contribution in [0.15, 0.2) is 72.6 Å². The van der Waals surface area contributed by atoms with Crippen molar-refractivity contribution < 1.29 is 24.2 Å². The number of benzene rings is 2. The lowest BCUT2D eigenvalue weighted by Crippen LogP contribution is -2.29. The number of hydrogen-bond donors (Lipinski definition) is 1. The zero-order chi connectivity index (χ0) is 26.4. The maximum atomic E-state index is 13.3. The van der Waals surface area contributed by atoms with Crippen LogP contribution < -0.4 is 9.47 Å². The second-order valence-corrected chi connectivity index (χ2v) is 8.97. The fourth-order valence-electron chi connectivity index (χ4n) is 4.43. The van der Waals surface area contributed by atoms with Crippen LogP contribution in [0.5, 0.6) is 11.5 Å². The Hall–Kier alpha value is -4.13. The van der Waals surface area contributed by atoms with Gasteiger partial charge in [0.1, 0.15) is 17.3 Å². The largest absolute Gasteiger partial charge is 0.507 e. The number of hydrogen-bond acceptors (Lipinski definition) is 6. The highest BCUT2D eigenvalue weighted by Crippen LogP contribution is 2.41. The number of amides is 1. The Kier molecular flexibility index (Phi) is 8.23. The highest BCUT2D eigenvalue weighted by Gasteiger charge is 2.46. The van der Waals surface area contributed by atoms with Crippen LogP contribution in [0.3, 0.4) is 0 Å². The topological polar surface area (TPSA) is 89.0 Å². The number of unbranched alkanes of at least 4 members (excludes halogenated alkanes) is 1. The van der Waals surface area contributed by atoms with E-state index in [0.29, 0.717) is 30.1 Å². The van der Waals surface area contributed by atoms with Crippen molar-refractivity contribution in [2.75, 3.05) is 13.2 Å². The SMILES string of the molecule is CCCCOc1ccc(C(O)=C2C(=O)C(=O)N(Cc3cccnc3)[C@@H]2c2ccc(OCC)cc2)cc1C. The first-order valence-corrected chi connectivity index (χ1v) is 12.6. The average Bonchev–Trinajstić information content (AvgIpc) is 3.15. The predicted octanol–water partition coefficient (Wildman–Crippen LogP) is 5.59. The van der Waals surface area contributed by atoms with Crippen LogP contribution in [0.2, 0.25) is 0 Å². The summed E-state index contributed by atoms with van der Waals surface area (Å²) in [4.78, 5) is 32.2. The van der Waals surface area contributed by atoms with Crippen LogP contribution in [0.1, 0.15) is 55.0 Å². The summed E-state index contributed by atoms with van der Waals surface area (Å²) in [5.41, 5.74) is 2.82. The molecule has 2 heterocycles. The maximum absolute atomic E-state index is 13.3. The maximum Gasteiger partial charge on any atom is 0.295 e. The van der Waals surface area contributed by atoms with Gasteiger partial charge in [-0.25, -0.2) is 0 Å². The Morgan fingerprint density at radius 3 is 2.49 bits per heavy atom. The molecule has 1 atom stereocenters. The summed E-state index contributed by atoms with van der Waals surface area (Å²) in [6.07, 6.45) is 5.29. The van der Waals surface area contributed by atoms with E-state index in [4.69, 9.17) is 9.47 Å². The summed E-state index contributed by atoms with van der Waals surface area (Å²) in [7, 11) is 0. The second-order valence-electron chi connectivity index (χ2n) is 8.97. The molecule has 1 aliphatic rings. The molecule has 192 valence electrons. The van der Waals surface area contributed by atoms with E-state index >= 15 is 0 Å². The highest BCUT2D eigenvalue weighted by molar-refractivity contribution is 6.46. The van der Waals surface area contributed by atoms with E-state index in [1.165, 1.54) is 4.90 Å². The molecule has 0 saturated carbocycles. The Bertz CT molecular complexity index is 1290. The lowest BCUT2D eigenvalue weighted by Gasteiger charge is -2.25. The number of pyridine rings is 1. The van der Waals surface area contributed by atoms with Gasteiger partial charge in [-0.05, 0) is 73.4 Å². The van der Waals surface area contributed by atoms with Gasteiger partial charge in [0.25, 0.3) is 11.7 Å². The van der Waals surface area contributed by atoms with E-state index in [1.807, 2.05) is 32.0 Å². The van der Waals surface area contributed by atoms with Gasteiger partial charge in [0.05, 0.1) is 24.8 Å². The van der Waals surface area contributed by atoms with Gasteiger partial charge in [-0.1, -0.05) is 31.5 Å². The number of carbonyl (C=O) groups is 2. The number of nitrogens with zero attached hydrogens (tertiary/aromatic N) is 2. The van der Waals surface area contributed by atoms with Gasteiger partial charge in [0.15, 0.2) is 0 Å². The first-order valence-electron chi connectivity index (χ1n) is 12.6. The molecule has 7 heteroatoms. The Labute approximate surface area is 217 Å². The molecule has 4 rings (SSSR count). The molecule has 1 aromatic heterocycles. The lowest BCUT2D eigenvalue weighted by molar-refractivity contribution is -0.140. The van der Waals surface area contributed by atoms with Crippen LogP contribution in [-0.2, 0) is 16.1 Å². The summed E-state index contributed by atoms with van der Waals surface area (Å²) in [5, 5.41) is 11.4. The van der Waals surface area contributed by atoms with Gasteiger partial charge in [0, 0.05) is 24.5 Å². The molecular weight excluding hydrogens is 468 g/mol. The van der Waals surface area contributed by atoms with Crippen molar-refractivity contribution in [2.24, 2.45) is 0 Å². The van der Waals surface area contributed by atoms with Crippen molar-refractivity contribution in [1.82, 2.24) is 9.88 Å². The number of aryl methyl sites for hydroxylation is 1. The van der Waals surface area contributed by atoms with Crippen LogP contribution in [-0.4, -0.2) is 39.9 Å². The lowest BCUT2D eigenvalue weighted by atomic mass is 9.94. The minimum atomic E-state index is -0.767. The molecule has 3 aromatic rings. The van der Waals surface area contributed by atoms with Crippen molar-refractivity contribution in [3.63, 3.8) is 0 Å². The number of Topliss-reactive ketones (excluding diaryl/α,β-unsaturated/α-hetero) is 1. The normalized spacial score (nSPS) is 16.7. The molecule has 1 fully saturated rings. The zero-order valence-corrected chi connectivity index (χ0v) is 21.4. The van der Waals surface area contributed by atoms with Crippen molar-refractivity contribution in [3.05, 3.63) is 94.8 Å². The third-order valence-electron chi connectivity index (χ3n) is 6.33. The molecule has 0 aliphatic carbocycles. The van der Waals surface area contributed by atoms with Gasteiger partial charge >= 0.3 is 0 Å². The molecular formula is C30H32N2O5. The number of carbonyl (C=O) groups excluding carboxylic acids is 2. The van der Waals surface area contributed by atoms with Gasteiger partial charge in [-0.3, -0.25) is 14.6 Å². The summed E-state index contributed by atoms with van der Waals surface area (Å²) in [6, 6.07) is 15.4. The molecule has 1 aliphatic heterocycles. The van der Waals surface area contributed by atoms with Crippen molar-refractivity contribution in [1.29, 1.82) is 0 Å².